The van der Waals surface area contributed by atoms with Crippen molar-refractivity contribution in [1.29, 1.82) is 0 Å². The summed E-state index contributed by atoms with van der Waals surface area (Å²) in [5, 5.41) is 3.99. The fourth-order valence-corrected chi connectivity index (χ4v) is 7.52. The van der Waals surface area contributed by atoms with Crippen molar-refractivity contribution in [3.63, 3.8) is 0 Å². The number of fused-ring (bicyclic) bond motifs is 2. The number of nitrogens with zero attached hydrogens (tertiary/aromatic N) is 2. The SMILES string of the molecule is CCCCCCCCc1c2c(c(Nc3ccccc3)c3c1CN(CCCCCCCC)C3)CN(CCCCCCCC)C2. The molecule has 0 saturated carbocycles. The van der Waals surface area contributed by atoms with Crippen LogP contribution in [0.4, 0.5) is 11.4 Å². The van der Waals surface area contributed by atoms with Gasteiger partial charge in [0.15, 0.2) is 0 Å². The topological polar surface area (TPSA) is 18.5 Å². The fraction of sp³-hybridized carbons (Fsp3) is 0.700. The van der Waals surface area contributed by atoms with Gasteiger partial charge in [-0.05, 0) is 78.7 Å². The standard InChI is InChI=1S/C40H65N3/c1-4-7-10-13-16-22-27-35-36-30-42(28-23-17-14-11-8-5-2)32-38(36)40(41-34-25-20-19-21-26-34)39-33-43(31-37(35)39)29-24-18-15-12-9-6-3/h19-21,25-26,41H,4-18,22-24,27-33H2,1-3H3. The van der Waals surface area contributed by atoms with Gasteiger partial charge in [-0.15, -0.1) is 0 Å². The quantitative estimate of drug-likeness (QED) is 0.130. The maximum absolute atomic E-state index is 3.99. The summed E-state index contributed by atoms with van der Waals surface area (Å²) in [6, 6.07) is 11.0. The van der Waals surface area contributed by atoms with Crippen LogP contribution in [0.1, 0.15) is 164 Å². The minimum absolute atomic E-state index is 1.12. The van der Waals surface area contributed by atoms with Crippen LogP contribution < -0.4 is 5.32 Å². The van der Waals surface area contributed by atoms with E-state index in [2.05, 4.69) is 66.2 Å². The molecule has 3 heteroatoms. The lowest BCUT2D eigenvalue weighted by Gasteiger charge is -2.20. The van der Waals surface area contributed by atoms with Crippen LogP contribution in [0.25, 0.3) is 0 Å². The van der Waals surface area contributed by atoms with Crippen molar-refractivity contribution >= 4 is 11.4 Å². The monoisotopic (exact) mass is 588 g/mol. The summed E-state index contributed by atoms with van der Waals surface area (Å²) >= 11 is 0. The molecule has 4 rings (SSSR count). The Labute approximate surface area is 266 Å². The molecular formula is C40H65N3. The summed E-state index contributed by atoms with van der Waals surface area (Å²) in [5.74, 6) is 0. The lowest BCUT2D eigenvalue weighted by molar-refractivity contribution is 0.272. The van der Waals surface area contributed by atoms with Crippen molar-refractivity contribution in [3.05, 3.63) is 58.1 Å². The van der Waals surface area contributed by atoms with Gasteiger partial charge in [0.1, 0.15) is 0 Å². The zero-order valence-electron chi connectivity index (χ0n) is 28.5. The van der Waals surface area contributed by atoms with Crippen LogP contribution in [-0.4, -0.2) is 22.9 Å². The van der Waals surface area contributed by atoms with E-state index in [4.69, 9.17) is 0 Å². The highest BCUT2D eigenvalue weighted by Crippen LogP contribution is 2.44. The summed E-state index contributed by atoms with van der Waals surface area (Å²) in [6.45, 7) is 14.0. The van der Waals surface area contributed by atoms with Gasteiger partial charge in [0.25, 0.3) is 0 Å². The number of anilines is 2. The Kier molecular flexibility index (Phi) is 15.5. The first-order valence-corrected chi connectivity index (χ1v) is 18.7. The molecule has 0 spiro atoms. The van der Waals surface area contributed by atoms with E-state index < -0.39 is 0 Å². The van der Waals surface area contributed by atoms with Gasteiger partial charge in [-0.3, -0.25) is 9.80 Å². The molecule has 2 aliphatic rings. The van der Waals surface area contributed by atoms with E-state index in [-0.39, 0.29) is 0 Å². The van der Waals surface area contributed by atoms with E-state index in [1.54, 1.807) is 27.8 Å². The molecule has 0 radical (unpaired) electrons. The van der Waals surface area contributed by atoms with Gasteiger partial charge in [0.05, 0.1) is 0 Å². The zero-order chi connectivity index (χ0) is 30.1. The largest absolute Gasteiger partial charge is 0.355 e. The summed E-state index contributed by atoms with van der Waals surface area (Å²) in [7, 11) is 0. The molecule has 0 amide bonds. The maximum Gasteiger partial charge on any atom is 0.0482 e. The lowest BCUT2D eigenvalue weighted by atomic mass is 9.89. The van der Waals surface area contributed by atoms with E-state index >= 15 is 0 Å². The van der Waals surface area contributed by atoms with Crippen LogP contribution in [-0.2, 0) is 32.6 Å². The van der Waals surface area contributed by atoms with Gasteiger partial charge in [-0.1, -0.05) is 135 Å². The first-order valence-electron chi connectivity index (χ1n) is 18.7. The molecule has 2 aromatic rings. The Balaban J connectivity index is 1.52. The Bertz CT molecular complexity index is 992. The third kappa shape index (κ3) is 10.6. The summed E-state index contributed by atoms with van der Waals surface area (Å²) in [5.41, 5.74) is 11.1. The highest BCUT2D eigenvalue weighted by molar-refractivity contribution is 5.73. The van der Waals surface area contributed by atoms with Crippen LogP contribution in [0.2, 0.25) is 0 Å². The molecule has 1 N–H and O–H groups in total. The Morgan fingerprint density at radius 1 is 0.488 bits per heavy atom. The highest BCUT2D eigenvalue weighted by Gasteiger charge is 2.33. The molecule has 2 heterocycles. The molecule has 0 aliphatic carbocycles. The first kappa shape index (κ1) is 34.0. The minimum Gasteiger partial charge on any atom is -0.355 e. The third-order valence-electron chi connectivity index (χ3n) is 10.1. The molecule has 43 heavy (non-hydrogen) atoms. The molecule has 0 fully saturated rings. The van der Waals surface area contributed by atoms with E-state index in [9.17, 15) is 0 Å². The number of nitrogens with one attached hydrogen (secondary N) is 1. The lowest BCUT2D eigenvalue weighted by Crippen LogP contribution is -2.19. The van der Waals surface area contributed by atoms with Crippen molar-refractivity contribution in [1.82, 2.24) is 9.80 Å². The molecule has 2 aliphatic heterocycles. The number of unbranched alkanes of at least 4 members (excludes halogenated alkanes) is 15. The second kappa shape index (κ2) is 19.5. The molecular weight excluding hydrogens is 522 g/mol. The van der Waals surface area contributed by atoms with Gasteiger partial charge < -0.3 is 5.32 Å². The molecule has 240 valence electrons. The Hall–Kier alpha value is -1.84. The van der Waals surface area contributed by atoms with Crippen molar-refractivity contribution in [2.24, 2.45) is 0 Å². The Morgan fingerprint density at radius 3 is 1.40 bits per heavy atom. The van der Waals surface area contributed by atoms with Crippen molar-refractivity contribution < 1.29 is 0 Å². The molecule has 3 nitrogen and oxygen atoms in total. The minimum atomic E-state index is 1.12. The van der Waals surface area contributed by atoms with Gasteiger partial charge in [0.2, 0.25) is 0 Å². The van der Waals surface area contributed by atoms with E-state index in [1.807, 2.05) is 0 Å². The number of hydrogen-bond donors (Lipinski definition) is 1. The van der Waals surface area contributed by atoms with Gasteiger partial charge in [0, 0.05) is 37.6 Å². The van der Waals surface area contributed by atoms with Gasteiger partial charge in [-0.2, -0.15) is 0 Å². The van der Waals surface area contributed by atoms with Crippen LogP contribution in [0.3, 0.4) is 0 Å². The second-order valence-corrected chi connectivity index (χ2v) is 13.7. The maximum atomic E-state index is 3.99. The van der Waals surface area contributed by atoms with E-state index in [1.165, 1.54) is 146 Å². The molecule has 0 atom stereocenters. The van der Waals surface area contributed by atoms with E-state index in [0.29, 0.717) is 0 Å². The molecule has 0 aromatic heterocycles. The summed E-state index contributed by atoms with van der Waals surface area (Å²) in [6.07, 6.45) is 26.1. The highest BCUT2D eigenvalue weighted by atomic mass is 15.2. The predicted octanol–water partition coefficient (Wildman–Crippen LogP) is 11.7. The summed E-state index contributed by atoms with van der Waals surface area (Å²) < 4.78 is 0. The number of rotatable bonds is 23. The first-order chi connectivity index (χ1) is 21.2. The van der Waals surface area contributed by atoms with Gasteiger partial charge >= 0.3 is 0 Å². The average Bonchev–Trinajstić information content (AvgIpc) is 3.65. The fourth-order valence-electron chi connectivity index (χ4n) is 7.52. The molecule has 2 aromatic carbocycles. The van der Waals surface area contributed by atoms with Crippen LogP contribution in [0.15, 0.2) is 30.3 Å². The van der Waals surface area contributed by atoms with E-state index in [0.717, 1.165) is 26.2 Å². The normalized spacial score (nSPS) is 14.9. The van der Waals surface area contributed by atoms with Crippen LogP contribution in [0.5, 0.6) is 0 Å². The Morgan fingerprint density at radius 2 is 0.907 bits per heavy atom. The number of hydrogen-bond acceptors (Lipinski definition) is 3. The zero-order valence-corrected chi connectivity index (χ0v) is 28.5. The number of para-hydroxylation sites is 1. The molecule has 0 unspecified atom stereocenters. The van der Waals surface area contributed by atoms with Crippen molar-refractivity contribution in [3.8, 4) is 0 Å². The number of benzene rings is 2. The predicted molar refractivity (Wildman–Crippen MR) is 188 cm³/mol. The second-order valence-electron chi connectivity index (χ2n) is 13.7. The van der Waals surface area contributed by atoms with Crippen molar-refractivity contribution in [2.75, 3.05) is 18.4 Å². The van der Waals surface area contributed by atoms with Crippen molar-refractivity contribution in [2.45, 2.75) is 169 Å². The third-order valence-corrected chi connectivity index (χ3v) is 10.1. The van der Waals surface area contributed by atoms with Crippen LogP contribution in [0, 0.1) is 0 Å². The molecule has 0 bridgehead atoms. The van der Waals surface area contributed by atoms with Crippen LogP contribution >= 0.6 is 0 Å². The van der Waals surface area contributed by atoms with Gasteiger partial charge in [-0.25, -0.2) is 0 Å². The molecule has 0 saturated heterocycles. The smallest absolute Gasteiger partial charge is 0.0482 e. The summed E-state index contributed by atoms with van der Waals surface area (Å²) in [4.78, 5) is 5.54. The average molecular weight is 588 g/mol.